The van der Waals surface area contributed by atoms with Crippen LogP contribution in [0.3, 0.4) is 0 Å². The van der Waals surface area contributed by atoms with Crippen molar-refractivity contribution in [1.82, 2.24) is 14.5 Å². The fraction of sp³-hybridized carbons (Fsp3) is 0.0698. The Morgan fingerprint density at radius 2 is 1.21 bits per heavy atom. The number of hydrogen-bond acceptors (Lipinski definition) is 4. The van der Waals surface area contributed by atoms with E-state index in [1.54, 1.807) is 6.07 Å². The second-order valence-electron chi connectivity index (χ2n) is 13.1. The quantitative estimate of drug-likeness (QED) is 0.139. The molecule has 0 atom stereocenters. The molecular weight excluding hydrogens is 727 g/mol. The normalized spacial score (nSPS) is 12.4. The van der Waals surface area contributed by atoms with E-state index in [1.807, 2.05) is 84.9 Å². The molecule has 0 unspecified atom stereocenters. The summed E-state index contributed by atoms with van der Waals surface area (Å²) in [5.74, 6) is 0. The van der Waals surface area contributed by atoms with Gasteiger partial charge in [0, 0.05) is 45.7 Å². The summed E-state index contributed by atoms with van der Waals surface area (Å²) in [7, 11) is -1.58. The summed E-state index contributed by atoms with van der Waals surface area (Å²) in [5, 5.41) is 22.9. The van der Waals surface area contributed by atoms with E-state index < -0.39 is 7.12 Å². The number of aromatic nitrogens is 3. The van der Waals surface area contributed by atoms with Crippen LogP contribution in [0.4, 0.5) is 0 Å². The van der Waals surface area contributed by atoms with Crippen molar-refractivity contribution in [2.45, 2.75) is 19.3 Å². The van der Waals surface area contributed by atoms with Crippen LogP contribution >= 0.6 is 27.5 Å². The van der Waals surface area contributed by atoms with E-state index in [0.717, 1.165) is 54.5 Å². The summed E-state index contributed by atoms with van der Waals surface area (Å²) >= 11 is 9.70. The van der Waals surface area contributed by atoms with E-state index in [-0.39, 0.29) is 19.1 Å². The topological polar surface area (TPSA) is 71.2 Å². The van der Waals surface area contributed by atoms with Crippen LogP contribution in [0.5, 0.6) is 0 Å². The van der Waals surface area contributed by atoms with Crippen LogP contribution in [0.15, 0.2) is 150 Å². The highest BCUT2D eigenvalue weighted by Gasteiger charge is 2.36. The van der Waals surface area contributed by atoms with Crippen molar-refractivity contribution >= 4 is 70.3 Å². The number of para-hydroxylation sites is 2. The Hall–Kier alpha value is -4.98. The molecule has 2 N–H and O–H groups in total. The highest BCUT2D eigenvalue weighted by Crippen LogP contribution is 2.51. The average molecular weight is 760 g/mol. The van der Waals surface area contributed by atoms with Gasteiger partial charge in [-0.1, -0.05) is 129 Å². The summed E-state index contributed by atoms with van der Waals surface area (Å²) < 4.78 is 2.97. The Morgan fingerprint density at radius 3 is 1.87 bits per heavy atom. The molecule has 0 bridgehead atoms. The van der Waals surface area contributed by atoms with Crippen LogP contribution in [0, 0.1) is 0 Å². The molecule has 9 rings (SSSR count). The maximum Gasteiger partial charge on any atom is 0.490 e. The number of fused-ring (bicyclic) bond motifs is 6. The molecule has 1 aliphatic rings. The Labute approximate surface area is 318 Å². The van der Waals surface area contributed by atoms with Gasteiger partial charge in [0.1, 0.15) is 0 Å². The zero-order valence-corrected chi connectivity index (χ0v) is 30.8. The molecular formula is C43H32B2BrClN3O2. The summed E-state index contributed by atoms with van der Waals surface area (Å²) in [5.41, 5.74) is 12.1. The Kier molecular flexibility index (Phi) is 9.68. The minimum absolute atomic E-state index is 0. The van der Waals surface area contributed by atoms with Crippen LogP contribution in [0.1, 0.15) is 25.0 Å². The standard InChI is InChI=1S/C27H21BBrNO2.C16H11ClN2.B/c1-27(2)20-10-5-3-8-16(20)18-14-19-17-9-4-6-13-24(17)30(25(19)15-21(18)27)26-22(28(31)32)11-7-12-23(26)29;17-16-18-14(12-7-3-1-4-8-12)11-15(19-16)13-9-5-2-6-10-13;/h3-15,31-32H,1-2H3;1-11H;. The van der Waals surface area contributed by atoms with E-state index >= 15 is 0 Å². The minimum Gasteiger partial charge on any atom is -0.423 e. The van der Waals surface area contributed by atoms with Crippen molar-refractivity contribution in [3.63, 3.8) is 0 Å². The maximum atomic E-state index is 10.1. The van der Waals surface area contributed by atoms with Crippen LogP contribution in [0.25, 0.3) is 61.1 Å². The first-order chi connectivity index (χ1) is 24.7. The molecule has 1 aliphatic carbocycles. The summed E-state index contributed by atoms with van der Waals surface area (Å²) in [6.07, 6.45) is 0. The third kappa shape index (κ3) is 6.16. The van der Waals surface area contributed by atoms with Crippen LogP contribution in [-0.2, 0) is 5.41 Å². The fourth-order valence-electron chi connectivity index (χ4n) is 7.31. The van der Waals surface area contributed by atoms with Crippen LogP contribution < -0.4 is 5.46 Å². The van der Waals surface area contributed by atoms with Crippen molar-refractivity contribution in [2.24, 2.45) is 0 Å². The van der Waals surface area contributed by atoms with E-state index in [4.69, 9.17) is 11.6 Å². The number of nitrogens with zero attached hydrogens (tertiary/aromatic N) is 3. The molecule has 2 aromatic heterocycles. The lowest BCUT2D eigenvalue weighted by Crippen LogP contribution is -2.33. The third-order valence-electron chi connectivity index (χ3n) is 9.73. The van der Waals surface area contributed by atoms with Gasteiger partial charge >= 0.3 is 7.12 Å². The zero-order valence-electron chi connectivity index (χ0n) is 28.5. The van der Waals surface area contributed by atoms with Gasteiger partial charge in [0.25, 0.3) is 0 Å². The van der Waals surface area contributed by atoms with Crippen LogP contribution in [-0.4, -0.2) is 40.1 Å². The van der Waals surface area contributed by atoms with Gasteiger partial charge in [-0.05, 0) is 80.1 Å². The molecule has 0 saturated carbocycles. The largest absolute Gasteiger partial charge is 0.490 e. The van der Waals surface area contributed by atoms with Gasteiger partial charge in [0.2, 0.25) is 5.28 Å². The lowest BCUT2D eigenvalue weighted by molar-refractivity contribution is 0.425. The van der Waals surface area contributed by atoms with Gasteiger partial charge in [-0.15, -0.1) is 0 Å². The van der Waals surface area contributed by atoms with E-state index in [1.165, 1.54) is 22.3 Å². The predicted molar refractivity (Wildman–Crippen MR) is 220 cm³/mol. The number of hydrogen-bond donors (Lipinski definition) is 2. The van der Waals surface area contributed by atoms with Crippen LogP contribution in [0.2, 0.25) is 5.28 Å². The van der Waals surface area contributed by atoms with Gasteiger partial charge in [-0.3, -0.25) is 0 Å². The fourth-order valence-corrected chi connectivity index (χ4v) is 8.05. The smallest absolute Gasteiger partial charge is 0.423 e. The van der Waals surface area contributed by atoms with Crippen molar-refractivity contribution < 1.29 is 10.0 Å². The summed E-state index contributed by atoms with van der Waals surface area (Å²) in [6, 6.07) is 48.9. The third-order valence-corrected chi connectivity index (χ3v) is 10.5. The van der Waals surface area contributed by atoms with E-state index in [2.05, 4.69) is 98.9 Å². The van der Waals surface area contributed by atoms with Gasteiger partial charge < -0.3 is 14.6 Å². The lowest BCUT2D eigenvalue weighted by Gasteiger charge is -2.22. The number of rotatable bonds is 4. The van der Waals surface area contributed by atoms with Crippen molar-refractivity contribution in [3.05, 3.63) is 166 Å². The Balaban J connectivity index is 0.000000180. The lowest BCUT2D eigenvalue weighted by atomic mass is 9.79. The Bertz CT molecular complexity index is 2520. The first-order valence-electron chi connectivity index (χ1n) is 16.7. The Morgan fingerprint density at radius 1 is 0.615 bits per heavy atom. The number of halogens is 2. The van der Waals surface area contributed by atoms with Gasteiger partial charge in [0.15, 0.2) is 0 Å². The second-order valence-corrected chi connectivity index (χ2v) is 14.3. The molecule has 5 nitrogen and oxygen atoms in total. The molecule has 0 spiro atoms. The molecule has 0 aliphatic heterocycles. The molecule has 0 amide bonds. The zero-order chi connectivity index (χ0) is 35.3. The van der Waals surface area contributed by atoms with Crippen molar-refractivity contribution in [2.75, 3.05) is 0 Å². The molecule has 52 heavy (non-hydrogen) atoms. The monoisotopic (exact) mass is 758 g/mol. The minimum atomic E-state index is -1.58. The predicted octanol–water partition coefficient (Wildman–Crippen LogP) is 9.62. The average Bonchev–Trinajstić information content (AvgIpc) is 3.59. The van der Waals surface area contributed by atoms with Gasteiger partial charge in [-0.25, -0.2) is 9.97 Å². The first kappa shape index (κ1) is 35.4. The van der Waals surface area contributed by atoms with Crippen molar-refractivity contribution in [3.8, 4) is 39.3 Å². The molecule has 8 aromatic rings. The SMILES string of the molecule is CC1(C)c2ccccc2-c2cc3c4ccccc4n(-c4c(Br)cccc4B(O)O)c3cc21.Clc1nc(-c2ccccc2)cc(-c2ccccc2)n1.[B]. The maximum absolute atomic E-state index is 10.1. The summed E-state index contributed by atoms with van der Waals surface area (Å²) in [6.45, 7) is 4.55. The molecule has 2 heterocycles. The van der Waals surface area contributed by atoms with E-state index in [0.29, 0.717) is 5.46 Å². The molecule has 0 fully saturated rings. The highest BCUT2D eigenvalue weighted by molar-refractivity contribution is 9.10. The molecule has 251 valence electrons. The summed E-state index contributed by atoms with van der Waals surface area (Å²) in [4.78, 5) is 8.57. The number of benzene rings is 6. The molecule has 9 heteroatoms. The van der Waals surface area contributed by atoms with Crippen molar-refractivity contribution in [1.29, 1.82) is 0 Å². The molecule has 0 saturated heterocycles. The first-order valence-corrected chi connectivity index (χ1v) is 17.9. The van der Waals surface area contributed by atoms with Gasteiger partial charge in [0.05, 0.1) is 28.1 Å². The molecule has 3 radical (unpaired) electrons. The van der Waals surface area contributed by atoms with E-state index in [9.17, 15) is 10.0 Å². The van der Waals surface area contributed by atoms with Gasteiger partial charge in [-0.2, -0.15) is 0 Å². The molecule has 6 aromatic carbocycles. The highest BCUT2D eigenvalue weighted by atomic mass is 79.9. The second kappa shape index (κ2) is 14.2.